The Morgan fingerprint density at radius 3 is 2.39 bits per heavy atom. The maximum absolute atomic E-state index is 14.9. The van der Waals surface area contributed by atoms with Crippen LogP contribution in [-0.2, 0) is 46.7 Å². The summed E-state index contributed by atoms with van der Waals surface area (Å²) in [5.41, 5.74) is 0.315. The van der Waals surface area contributed by atoms with Crippen LogP contribution in [0.4, 0.5) is 4.79 Å². The molecule has 7 aliphatic rings. The highest BCUT2D eigenvalue weighted by Crippen LogP contribution is 2.58. The average Bonchev–Trinajstić information content (AvgIpc) is 3.94. The zero-order valence-electron chi connectivity index (χ0n) is 33.4. The smallest absolute Gasteiger partial charge is 0.407 e. The van der Waals surface area contributed by atoms with Crippen molar-refractivity contribution in [1.82, 2.24) is 20.3 Å². The zero-order chi connectivity index (χ0) is 39.8. The Hall–Kier alpha value is -3.65. The van der Waals surface area contributed by atoms with Crippen molar-refractivity contribution in [3.05, 3.63) is 34.9 Å². The lowest BCUT2D eigenvalue weighted by molar-refractivity contribution is -0.143. The number of rotatable bonds is 8. The van der Waals surface area contributed by atoms with Crippen LogP contribution in [0, 0.1) is 28.6 Å². The first-order chi connectivity index (χ1) is 26.5. The summed E-state index contributed by atoms with van der Waals surface area (Å²) in [5.74, 6) is -1.06. The van der Waals surface area contributed by atoms with Crippen molar-refractivity contribution in [3.63, 3.8) is 0 Å². The Morgan fingerprint density at radius 1 is 1.00 bits per heavy atom. The number of fused-ring (bicyclic) bond motifs is 5. The topological polar surface area (TPSA) is 169 Å². The summed E-state index contributed by atoms with van der Waals surface area (Å²) in [6, 6.07) is 2.20. The fourth-order valence-corrected chi connectivity index (χ4v) is 11.2. The maximum atomic E-state index is 14.9. The number of carbonyl (C=O) groups excluding carboxylic acids is 4. The number of nitrogens with one attached hydrogen (secondary N) is 3. The van der Waals surface area contributed by atoms with Crippen LogP contribution in [-0.4, -0.2) is 93.0 Å². The predicted octanol–water partition coefficient (Wildman–Crippen LogP) is 4.41. The van der Waals surface area contributed by atoms with Crippen LogP contribution in [0.1, 0.15) is 108 Å². The van der Waals surface area contributed by atoms with Gasteiger partial charge in [0.1, 0.15) is 23.4 Å². The third kappa shape index (κ3) is 7.44. The molecule has 1 spiro atoms. The summed E-state index contributed by atoms with van der Waals surface area (Å²) < 4.78 is 46.1. The molecule has 0 aromatic heterocycles. The van der Waals surface area contributed by atoms with E-state index in [2.05, 4.69) is 39.6 Å². The lowest BCUT2D eigenvalue weighted by Gasteiger charge is -2.38. The highest BCUT2D eigenvalue weighted by Gasteiger charge is 2.67. The summed E-state index contributed by atoms with van der Waals surface area (Å²) in [4.78, 5) is 58.5. The molecule has 2 heterocycles. The van der Waals surface area contributed by atoms with E-state index in [-0.39, 0.29) is 42.7 Å². The van der Waals surface area contributed by atoms with Crippen molar-refractivity contribution in [1.29, 1.82) is 0 Å². The van der Waals surface area contributed by atoms with Gasteiger partial charge in [-0.1, -0.05) is 39.0 Å². The van der Waals surface area contributed by atoms with E-state index in [0.29, 0.717) is 25.7 Å². The van der Waals surface area contributed by atoms with Crippen molar-refractivity contribution in [2.24, 2.45) is 28.6 Å². The number of sulfonamides is 1. The molecular weight excluding hydrogens is 737 g/mol. The minimum Gasteiger partial charge on any atom is -0.496 e. The zero-order valence-corrected chi connectivity index (χ0v) is 34.2. The Balaban J connectivity index is 1.14. The Kier molecular flexibility index (Phi) is 9.81. The molecule has 2 aliphatic heterocycles. The van der Waals surface area contributed by atoms with Crippen molar-refractivity contribution in [2.75, 3.05) is 27.4 Å². The molecule has 13 nitrogen and oxygen atoms in total. The standard InChI is InChI=1S/C42H58N4O9S/c1-39(2,3)34-36(48)46-24-41(54-5,23-32(46)35(47)44-42(22-31(42)25-8-9-25)37(49)45-56(51,52)30-12-13-30)29-11-10-26-21-33(53-4)27(19-28(26)20-29)7-6-14-40(15-16-40)17-18-55-38(50)43-34/h10-11,19,21,25,29-32,34H,6-9,12-18,20,22-24H2,1-5H3,(H,43,50)(H,44,47)(H,45,49)/t29?,31-,32-,34+,41-,42+/m0/s1. The van der Waals surface area contributed by atoms with Gasteiger partial charge in [-0.05, 0) is 122 Å². The molecule has 1 aromatic carbocycles. The van der Waals surface area contributed by atoms with E-state index in [1.54, 1.807) is 14.2 Å². The van der Waals surface area contributed by atoms with E-state index in [1.165, 1.54) is 4.90 Å². The molecule has 1 aromatic rings. The van der Waals surface area contributed by atoms with Gasteiger partial charge in [0.25, 0.3) is 5.91 Å². The fourth-order valence-electron chi connectivity index (χ4n) is 9.82. The van der Waals surface area contributed by atoms with Crippen LogP contribution in [0.2, 0.25) is 0 Å². The van der Waals surface area contributed by atoms with Crippen molar-refractivity contribution < 1.29 is 41.8 Å². The van der Waals surface area contributed by atoms with Crippen LogP contribution >= 0.6 is 0 Å². The summed E-state index contributed by atoms with van der Waals surface area (Å²) in [6.45, 7) is 5.86. The second-order valence-corrected chi connectivity index (χ2v) is 20.9. The number of cyclic esters (lactones) is 1. The average molecular weight is 795 g/mol. The summed E-state index contributed by atoms with van der Waals surface area (Å²) in [5, 5.41) is 5.28. The molecule has 1 saturated heterocycles. The summed E-state index contributed by atoms with van der Waals surface area (Å²) >= 11 is 0. The van der Waals surface area contributed by atoms with Crippen molar-refractivity contribution in [3.8, 4) is 5.75 Å². The van der Waals surface area contributed by atoms with E-state index < -0.39 is 67.7 Å². The fraction of sp³-hybridized carbons (Fsp3) is 0.714. The minimum atomic E-state index is -3.86. The van der Waals surface area contributed by atoms with Gasteiger partial charge in [-0.15, -0.1) is 0 Å². The maximum Gasteiger partial charge on any atom is 0.407 e. The molecule has 306 valence electrons. The molecule has 5 aliphatic carbocycles. The Morgan fingerprint density at radius 2 is 1.75 bits per heavy atom. The lowest BCUT2D eigenvalue weighted by atomic mass is 9.76. The Labute approximate surface area is 330 Å². The molecular formula is C42H58N4O9S. The molecule has 5 bridgehead atoms. The Bertz CT molecular complexity index is 1930. The van der Waals surface area contributed by atoms with Crippen LogP contribution in [0.25, 0.3) is 6.08 Å². The number of aryl methyl sites for hydroxylation is 1. The van der Waals surface area contributed by atoms with Gasteiger partial charge < -0.3 is 29.7 Å². The van der Waals surface area contributed by atoms with E-state index >= 15 is 0 Å². The second-order valence-electron chi connectivity index (χ2n) is 19.0. The van der Waals surface area contributed by atoms with Gasteiger partial charge in [-0.2, -0.15) is 0 Å². The van der Waals surface area contributed by atoms with Crippen molar-refractivity contribution in [2.45, 2.75) is 133 Å². The van der Waals surface area contributed by atoms with Crippen LogP contribution < -0.4 is 20.1 Å². The molecule has 0 radical (unpaired) electrons. The SMILES string of the molecule is COc1cc2c3cc1CCCC1(CCOC(=O)N[C@@H](C(C)(C)C)C(=O)N4C[C@@](OC)(C[C@H]4C(=O)N[C@]4(C(=O)NS(=O)(=O)C5CC5)C[C@H]4C4CC4)C(C=C2)C3)CC1. The predicted molar refractivity (Wildman–Crippen MR) is 208 cm³/mol. The third-order valence-electron chi connectivity index (χ3n) is 14.0. The van der Waals surface area contributed by atoms with Gasteiger partial charge in [0.05, 0.1) is 31.1 Å². The molecule has 56 heavy (non-hydrogen) atoms. The highest BCUT2D eigenvalue weighted by molar-refractivity contribution is 7.91. The second kappa shape index (κ2) is 14.0. The van der Waals surface area contributed by atoms with Crippen LogP contribution in [0.15, 0.2) is 18.2 Å². The lowest BCUT2D eigenvalue weighted by Crippen LogP contribution is -2.60. The first-order valence-corrected chi connectivity index (χ1v) is 22.1. The van der Waals surface area contributed by atoms with Crippen LogP contribution in [0.3, 0.4) is 0 Å². The minimum absolute atomic E-state index is 0.0565. The number of methoxy groups -OCH3 is 2. The quantitative estimate of drug-likeness (QED) is 0.345. The molecule has 1 unspecified atom stereocenters. The van der Waals surface area contributed by atoms with Crippen LogP contribution in [0.5, 0.6) is 5.75 Å². The number of hydrogen-bond acceptors (Lipinski definition) is 9. The van der Waals surface area contributed by atoms with Gasteiger partial charge in [-0.25, -0.2) is 13.2 Å². The molecule has 3 N–H and O–H groups in total. The monoisotopic (exact) mass is 794 g/mol. The molecule has 4 saturated carbocycles. The first kappa shape index (κ1) is 39.2. The highest BCUT2D eigenvalue weighted by atomic mass is 32.2. The van der Waals surface area contributed by atoms with Gasteiger partial charge >= 0.3 is 6.09 Å². The number of hydrogen-bond donors (Lipinski definition) is 3. The third-order valence-corrected chi connectivity index (χ3v) is 15.8. The molecule has 4 amide bonds. The van der Waals surface area contributed by atoms with E-state index in [4.69, 9.17) is 14.2 Å². The van der Waals surface area contributed by atoms with Gasteiger partial charge in [0.15, 0.2) is 0 Å². The number of carbonyl (C=O) groups is 4. The van der Waals surface area contributed by atoms with E-state index in [1.807, 2.05) is 20.8 Å². The van der Waals surface area contributed by atoms with E-state index in [9.17, 15) is 27.6 Å². The number of alkyl carbamates (subject to hydrolysis) is 1. The molecule has 5 fully saturated rings. The summed E-state index contributed by atoms with van der Waals surface area (Å²) in [7, 11) is -0.558. The largest absolute Gasteiger partial charge is 0.496 e. The van der Waals surface area contributed by atoms with Gasteiger partial charge in [-0.3, -0.25) is 19.1 Å². The summed E-state index contributed by atoms with van der Waals surface area (Å²) in [6.07, 6.45) is 13.1. The first-order valence-electron chi connectivity index (χ1n) is 20.6. The number of benzene rings is 1. The number of amides is 4. The van der Waals surface area contributed by atoms with E-state index in [0.717, 1.165) is 73.8 Å². The van der Waals surface area contributed by atoms with Gasteiger partial charge in [0.2, 0.25) is 21.8 Å². The molecule has 6 atom stereocenters. The number of nitrogens with zero attached hydrogens (tertiary/aromatic N) is 1. The van der Waals surface area contributed by atoms with Gasteiger partial charge in [0, 0.05) is 19.4 Å². The normalized spacial score (nSPS) is 32.8. The molecule has 8 rings (SSSR count). The molecule has 14 heteroatoms. The van der Waals surface area contributed by atoms with Crippen molar-refractivity contribution >= 4 is 39.9 Å². The number of ether oxygens (including phenoxy) is 3.